The molecule has 4 rings (SSSR count). The molecule has 0 aromatic heterocycles. The summed E-state index contributed by atoms with van der Waals surface area (Å²) < 4.78 is 12.7. The molecule has 0 bridgehead atoms. The quantitative estimate of drug-likeness (QED) is 0.126. The predicted molar refractivity (Wildman–Crippen MR) is 148 cm³/mol. The topological polar surface area (TPSA) is 52.6 Å². The van der Waals surface area contributed by atoms with Crippen molar-refractivity contribution in [3.63, 3.8) is 0 Å². The van der Waals surface area contributed by atoms with Crippen LogP contribution < -0.4 is 0 Å². The maximum atomic E-state index is 11.5. The normalized spacial score (nSPS) is 10.3. The van der Waals surface area contributed by atoms with Gasteiger partial charge in [0.2, 0.25) is 0 Å². The van der Waals surface area contributed by atoms with Crippen molar-refractivity contribution in [2.45, 2.75) is 22.1 Å². The Labute approximate surface area is 229 Å². The van der Waals surface area contributed by atoms with Crippen molar-refractivity contribution >= 4 is 33.1 Å². The van der Waals surface area contributed by atoms with Crippen molar-refractivity contribution in [1.29, 1.82) is 0 Å². The first-order valence-electron chi connectivity index (χ1n) is 12.1. The Kier molecular flexibility index (Phi) is 12.8. The monoisotopic (exact) mass is 598 g/mol. The summed E-state index contributed by atoms with van der Waals surface area (Å²) in [6.07, 6.45) is 2.13. The standard InChI is InChI=1S/C18H16O4.2C7H7.Sn/c19-17(21-13-15-7-3-1-4-8-15)11-12-18(20)22-14-16-9-5-2-6-10-16;2*1-7-5-3-2-4-6-7;/h1-12H,13-14H2;2*2-6H,1H2;/b12-11-;;;. The van der Waals surface area contributed by atoms with Crippen molar-refractivity contribution in [2.24, 2.45) is 0 Å². The summed E-state index contributed by atoms with van der Waals surface area (Å²) in [5.41, 5.74) is 4.80. The first-order valence-corrected chi connectivity index (χ1v) is 16.1. The minimum absolute atomic E-state index is 0.170. The SMILES string of the molecule is O=C(/C=C\C(=O)OCc1ccccc1)OCc1ccccc1.c1ccc([CH2][Sn][CH2]c2ccccc2)cc1. The Morgan fingerprint density at radius 2 is 0.784 bits per heavy atom. The Bertz CT molecular complexity index is 1110. The second kappa shape index (κ2) is 16.9. The molecule has 0 amide bonds. The summed E-state index contributed by atoms with van der Waals surface area (Å²) in [7, 11) is 0. The third-order valence-electron chi connectivity index (χ3n) is 5.15. The van der Waals surface area contributed by atoms with E-state index in [1.807, 2.05) is 60.7 Å². The fourth-order valence-corrected chi connectivity index (χ4v) is 6.58. The summed E-state index contributed by atoms with van der Waals surface area (Å²) in [6, 6.07) is 40.3. The van der Waals surface area contributed by atoms with Gasteiger partial charge in [0.25, 0.3) is 0 Å². The second-order valence-electron chi connectivity index (χ2n) is 8.09. The zero-order chi connectivity index (χ0) is 26.0. The first kappa shape index (κ1) is 27.9. The van der Waals surface area contributed by atoms with Gasteiger partial charge >= 0.3 is 114 Å². The van der Waals surface area contributed by atoms with Crippen LogP contribution in [0.3, 0.4) is 0 Å². The van der Waals surface area contributed by atoms with Gasteiger partial charge in [-0.3, -0.25) is 0 Å². The van der Waals surface area contributed by atoms with Crippen molar-refractivity contribution in [3.8, 4) is 0 Å². The molecule has 2 radical (unpaired) electrons. The molecular formula is C32H30O4Sn. The molecule has 0 aliphatic rings. The van der Waals surface area contributed by atoms with Crippen molar-refractivity contribution in [1.82, 2.24) is 0 Å². The van der Waals surface area contributed by atoms with E-state index in [1.54, 1.807) is 0 Å². The molecule has 0 spiro atoms. The van der Waals surface area contributed by atoms with E-state index in [9.17, 15) is 9.59 Å². The van der Waals surface area contributed by atoms with Crippen LogP contribution >= 0.6 is 0 Å². The van der Waals surface area contributed by atoms with E-state index in [-0.39, 0.29) is 34.4 Å². The zero-order valence-corrected chi connectivity index (χ0v) is 23.5. The van der Waals surface area contributed by atoms with Gasteiger partial charge in [0.1, 0.15) is 13.2 Å². The number of esters is 2. The van der Waals surface area contributed by atoms with Gasteiger partial charge in [-0.15, -0.1) is 0 Å². The van der Waals surface area contributed by atoms with Crippen LogP contribution in [0.5, 0.6) is 0 Å². The van der Waals surface area contributed by atoms with Gasteiger partial charge in [0.15, 0.2) is 0 Å². The summed E-state index contributed by atoms with van der Waals surface area (Å²) in [6.45, 7) is 0.339. The van der Waals surface area contributed by atoms with E-state index in [2.05, 4.69) is 60.7 Å². The van der Waals surface area contributed by atoms with Gasteiger partial charge in [-0.2, -0.15) is 0 Å². The van der Waals surface area contributed by atoms with Crippen LogP contribution in [-0.2, 0) is 41.2 Å². The van der Waals surface area contributed by atoms with Crippen LogP contribution in [-0.4, -0.2) is 33.1 Å². The van der Waals surface area contributed by atoms with Gasteiger partial charge in [-0.1, -0.05) is 60.7 Å². The van der Waals surface area contributed by atoms with Crippen molar-refractivity contribution < 1.29 is 19.1 Å². The molecule has 0 aliphatic carbocycles. The minimum atomic E-state index is -0.583. The van der Waals surface area contributed by atoms with Crippen LogP contribution in [0.25, 0.3) is 0 Å². The summed E-state index contributed by atoms with van der Waals surface area (Å²) in [5.74, 6) is -1.17. The number of rotatable bonds is 10. The average Bonchev–Trinajstić information content (AvgIpc) is 2.96. The fourth-order valence-electron chi connectivity index (χ4n) is 3.23. The Hall–Kier alpha value is -3.64. The van der Waals surface area contributed by atoms with Gasteiger partial charge < -0.3 is 9.47 Å². The molecule has 0 heterocycles. The first-order chi connectivity index (χ1) is 18.2. The third kappa shape index (κ3) is 12.2. The van der Waals surface area contributed by atoms with E-state index in [0.29, 0.717) is 0 Å². The maximum absolute atomic E-state index is 11.5. The second-order valence-corrected chi connectivity index (χ2v) is 11.5. The van der Waals surface area contributed by atoms with Gasteiger partial charge in [-0.05, 0) is 11.1 Å². The fraction of sp³-hybridized carbons (Fsp3) is 0.125. The molecule has 0 N–H and O–H groups in total. The van der Waals surface area contributed by atoms with Crippen LogP contribution in [0.15, 0.2) is 133 Å². The molecule has 0 atom stereocenters. The number of ether oxygens (including phenoxy) is 2. The van der Waals surface area contributed by atoms with Gasteiger partial charge in [0.05, 0.1) is 0 Å². The van der Waals surface area contributed by atoms with Crippen molar-refractivity contribution in [3.05, 3.63) is 156 Å². The molecule has 0 aliphatic heterocycles. The van der Waals surface area contributed by atoms with Gasteiger partial charge in [0, 0.05) is 12.2 Å². The molecule has 0 unspecified atom stereocenters. The molecule has 4 nitrogen and oxygen atoms in total. The Morgan fingerprint density at radius 1 is 0.486 bits per heavy atom. The molecule has 4 aromatic rings. The number of benzene rings is 4. The Balaban J connectivity index is 0.000000220. The van der Waals surface area contributed by atoms with E-state index in [0.717, 1.165) is 23.3 Å². The zero-order valence-electron chi connectivity index (χ0n) is 20.7. The summed E-state index contributed by atoms with van der Waals surface area (Å²) in [4.78, 5) is 23.0. The van der Waals surface area contributed by atoms with E-state index >= 15 is 0 Å². The van der Waals surface area contributed by atoms with Crippen LogP contribution in [0.4, 0.5) is 0 Å². The molecule has 0 fully saturated rings. The molecule has 0 saturated carbocycles. The van der Waals surface area contributed by atoms with Crippen LogP contribution in [0, 0.1) is 0 Å². The number of hydrogen-bond donors (Lipinski definition) is 0. The number of carbonyl (C=O) groups is 2. The van der Waals surface area contributed by atoms with Crippen molar-refractivity contribution in [2.75, 3.05) is 0 Å². The Morgan fingerprint density at radius 3 is 1.11 bits per heavy atom. The predicted octanol–water partition coefficient (Wildman–Crippen LogP) is 6.12. The number of hydrogen-bond acceptors (Lipinski definition) is 4. The average molecular weight is 597 g/mol. The van der Waals surface area contributed by atoms with Crippen LogP contribution in [0.2, 0.25) is 0 Å². The molecule has 37 heavy (non-hydrogen) atoms. The molecule has 186 valence electrons. The summed E-state index contributed by atoms with van der Waals surface area (Å²) in [5, 5.41) is 0. The summed E-state index contributed by atoms with van der Waals surface area (Å²) >= 11 is -0.258. The molecule has 5 heteroatoms. The van der Waals surface area contributed by atoms with E-state index in [1.165, 1.54) is 20.0 Å². The number of carbonyl (C=O) groups excluding carboxylic acids is 2. The molecule has 0 saturated heterocycles. The van der Waals surface area contributed by atoms with E-state index < -0.39 is 11.9 Å². The van der Waals surface area contributed by atoms with E-state index in [4.69, 9.17) is 9.47 Å². The van der Waals surface area contributed by atoms with Gasteiger partial charge in [-0.25, -0.2) is 9.59 Å². The molecular weight excluding hydrogens is 567 g/mol. The third-order valence-corrected chi connectivity index (χ3v) is 8.90. The molecule has 4 aromatic carbocycles. The van der Waals surface area contributed by atoms with Crippen LogP contribution in [0.1, 0.15) is 22.3 Å².